The Hall–Kier alpha value is -1.70. The molecule has 1 heterocycles. The number of ether oxygens (including phenoxy) is 1. The number of anilines is 1. The summed E-state index contributed by atoms with van der Waals surface area (Å²) in [4.78, 5) is 17.9. The zero-order valence-corrected chi connectivity index (χ0v) is 17.2. The van der Waals surface area contributed by atoms with Gasteiger partial charge in [0.05, 0.1) is 6.10 Å². The molecule has 0 saturated heterocycles. The van der Waals surface area contributed by atoms with Gasteiger partial charge in [-0.15, -0.1) is 0 Å². The van der Waals surface area contributed by atoms with Gasteiger partial charge in [-0.3, -0.25) is 4.79 Å². The van der Waals surface area contributed by atoms with Crippen molar-refractivity contribution in [3.63, 3.8) is 0 Å². The first kappa shape index (κ1) is 23.3. The minimum absolute atomic E-state index is 0.104. The highest BCUT2D eigenvalue weighted by atomic mass is 16.5. The van der Waals surface area contributed by atoms with Crippen molar-refractivity contribution < 1.29 is 14.6 Å². The molecule has 0 saturated carbocycles. The minimum atomic E-state index is -0.948. The molecule has 27 heavy (non-hydrogen) atoms. The molecule has 0 aromatic carbocycles. The van der Waals surface area contributed by atoms with E-state index in [2.05, 4.69) is 29.3 Å². The third kappa shape index (κ3) is 8.69. The van der Waals surface area contributed by atoms with Crippen molar-refractivity contribution in [1.82, 2.24) is 9.88 Å². The van der Waals surface area contributed by atoms with Gasteiger partial charge in [0.15, 0.2) is 0 Å². The maximum absolute atomic E-state index is 10.9. The van der Waals surface area contributed by atoms with Crippen LogP contribution in [0.2, 0.25) is 0 Å². The number of carbonyl (C=O) groups is 1. The number of rotatable bonds is 14. The lowest BCUT2D eigenvalue weighted by Crippen LogP contribution is -2.38. The van der Waals surface area contributed by atoms with E-state index < -0.39 is 12.0 Å². The molecular weight excluding hydrogens is 344 g/mol. The van der Waals surface area contributed by atoms with E-state index >= 15 is 0 Å². The number of unbranched alkanes of at least 4 members (excludes halogenated alkanes) is 1. The van der Waals surface area contributed by atoms with Crippen molar-refractivity contribution in [2.45, 2.75) is 58.1 Å². The van der Waals surface area contributed by atoms with Gasteiger partial charge < -0.3 is 25.8 Å². The average Bonchev–Trinajstić information content (AvgIpc) is 2.68. The Kier molecular flexibility index (Phi) is 10.9. The fourth-order valence-corrected chi connectivity index (χ4v) is 2.99. The van der Waals surface area contributed by atoms with Crippen LogP contribution in [0.25, 0.3) is 0 Å². The van der Waals surface area contributed by atoms with Gasteiger partial charge in [-0.25, -0.2) is 4.98 Å². The number of nitrogens with two attached hydrogens (primary N) is 1. The molecular formula is C20H36N4O3. The molecule has 7 heteroatoms. The molecule has 0 radical (unpaired) electrons. The van der Waals surface area contributed by atoms with Gasteiger partial charge in [0.2, 0.25) is 0 Å². The molecule has 2 atom stereocenters. The summed E-state index contributed by atoms with van der Waals surface area (Å²) in [5.74, 6) is 0.0184. The molecule has 0 aliphatic heterocycles. The maximum atomic E-state index is 10.9. The Balaban J connectivity index is 2.48. The van der Waals surface area contributed by atoms with E-state index in [9.17, 15) is 4.79 Å². The summed E-state index contributed by atoms with van der Waals surface area (Å²) in [6.07, 6.45) is 4.50. The molecule has 0 amide bonds. The van der Waals surface area contributed by atoms with Crippen LogP contribution in [0.5, 0.6) is 0 Å². The Morgan fingerprint density at radius 3 is 2.70 bits per heavy atom. The number of pyridine rings is 1. The number of hydrogen-bond donors (Lipinski definition) is 3. The lowest BCUT2D eigenvalue weighted by Gasteiger charge is -2.25. The lowest BCUT2D eigenvalue weighted by atomic mass is 10.1. The Morgan fingerprint density at radius 1 is 1.37 bits per heavy atom. The first-order chi connectivity index (χ1) is 12.9. The zero-order valence-electron chi connectivity index (χ0n) is 17.2. The van der Waals surface area contributed by atoms with Crippen LogP contribution in [-0.4, -0.2) is 66.9 Å². The highest BCUT2D eigenvalue weighted by molar-refractivity contribution is 5.72. The van der Waals surface area contributed by atoms with Gasteiger partial charge in [-0.2, -0.15) is 0 Å². The number of carboxylic acids is 1. The Labute approximate surface area is 163 Å². The lowest BCUT2D eigenvalue weighted by molar-refractivity contribution is -0.138. The molecule has 0 spiro atoms. The van der Waals surface area contributed by atoms with Crippen LogP contribution in [0.3, 0.4) is 0 Å². The molecule has 1 aromatic rings. The van der Waals surface area contributed by atoms with Crippen LogP contribution >= 0.6 is 0 Å². The van der Waals surface area contributed by atoms with Crippen LogP contribution in [0.15, 0.2) is 12.1 Å². The average molecular weight is 381 g/mol. The van der Waals surface area contributed by atoms with Crippen LogP contribution in [-0.2, 0) is 22.4 Å². The summed E-state index contributed by atoms with van der Waals surface area (Å²) >= 11 is 0. The van der Waals surface area contributed by atoms with Gasteiger partial charge >= 0.3 is 5.97 Å². The first-order valence-electron chi connectivity index (χ1n) is 9.81. The van der Waals surface area contributed by atoms with Crippen LogP contribution in [0.4, 0.5) is 5.82 Å². The summed E-state index contributed by atoms with van der Waals surface area (Å²) in [6.45, 7) is 6.47. The molecule has 4 N–H and O–H groups in total. The van der Waals surface area contributed by atoms with Gasteiger partial charge in [0.1, 0.15) is 11.9 Å². The van der Waals surface area contributed by atoms with E-state index in [-0.39, 0.29) is 6.10 Å². The number of carboxylic acid groups (broad SMARTS) is 1. The number of aliphatic carboxylic acids is 1. The number of nitrogens with one attached hydrogen (secondary N) is 1. The highest BCUT2D eigenvalue weighted by Gasteiger charge is 2.15. The fourth-order valence-electron chi connectivity index (χ4n) is 2.99. The summed E-state index contributed by atoms with van der Waals surface area (Å²) in [7, 11) is 3.60. The molecule has 0 bridgehead atoms. The summed E-state index contributed by atoms with van der Waals surface area (Å²) in [5, 5.41) is 12.1. The van der Waals surface area contributed by atoms with Crippen LogP contribution in [0, 0.1) is 0 Å². The van der Waals surface area contributed by atoms with Gasteiger partial charge in [0, 0.05) is 32.9 Å². The van der Waals surface area contributed by atoms with Gasteiger partial charge in [-0.1, -0.05) is 13.0 Å². The van der Waals surface area contributed by atoms with E-state index in [4.69, 9.17) is 20.6 Å². The third-order valence-corrected chi connectivity index (χ3v) is 4.80. The Morgan fingerprint density at radius 2 is 2.11 bits per heavy atom. The largest absolute Gasteiger partial charge is 0.480 e. The molecule has 0 fully saturated rings. The van der Waals surface area contributed by atoms with Crippen molar-refractivity contribution in [2.75, 3.05) is 39.1 Å². The van der Waals surface area contributed by atoms with Crippen molar-refractivity contribution in [3.05, 3.63) is 23.4 Å². The van der Waals surface area contributed by atoms with E-state index in [1.807, 2.05) is 14.0 Å². The normalized spacial score (nSPS) is 13.6. The first-order valence-corrected chi connectivity index (χ1v) is 9.81. The fraction of sp³-hybridized carbons (Fsp3) is 0.700. The maximum Gasteiger partial charge on any atom is 0.320 e. The van der Waals surface area contributed by atoms with E-state index in [0.29, 0.717) is 13.0 Å². The van der Waals surface area contributed by atoms with Crippen molar-refractivity contribution in [1.29, 1.82) is 0 Å². The van der Waals surface area contributed by atoms with E-state index in [0.717, 1.165) is 50.3 Å². The summed E-state index contributed by atoms with van der Waals surface area (Å²) in [6, 6.07) is 3.44. The van der Waals surface area contributed by atoms with E-state index in [1.54, 1.807) is 7.11 Å². The smallest absolute Gasteiger partial charge is 0.320 e. The number of methoxy groups -OCH3 is 1. The summed E-state index contributed by atoms with van der Waals surface area (Å²) < 4.78 is 5.35. The Bertz CT molecular complexity index is 568. The van der Waals surface area contributed by atoms with Crippen LogP contribution < -0.4 is 11.1 Å². The number of aromatic nitrogens is 1. The topological polar surface area (TPSA) is 101 Å². The SMILES string of the molecule is CCc1ccc(CCCCN(CCC(N)C(=O)O)C[C@@H](C)OC)nc1NC. The monoisotopic (exact) mass is 380 g/mol. The molecule has 0 aliphatic rings. The van der Waals surface area contributed by atoms with Crippen molar-refractivity contribution >= 4 is 11.8 Å². The molecule has 7 nitrogen and oxygen atoms in total. The number of nitrogens with zero attached hydrogens (tertiary/aromatic N) is 2. The predicted molar refractivity (Wildman–Crippen MR) is 109 cm³/mol. The number of aryl methyl sites for hydroxylation is 2. The van der Waals surface area contributed by atoms with Gasteiger partial charge in [0.25, 0.3) is 0 Å². The molecule has 1 unspecified atom stereocenters. The highest BCUT2D eigenvalue weighted by Crippen LogP contribution is 2.15. The number of hydrogen-bond acceptors (Lipinski definition) is 6. The van der Waals surface area contributed by atoms with Crippen molar-refractivity contribution in [3.8, 4) is 0 Å². The van der Waals surface area contributed by atoms with Gasteiger partial charge in [-0.05, 0) is 57.2 Å². The summed E-state index contributed by atoms with van der Waals surface area (Å²) in [5.41, 5.74) is 7.97. The predicted octanol–water partition coefficient (Wildman–Crippen LogP) is 2.15. The second-order valence-corrected chi connectivity index (χ2v) is 6.95. The third-order valence-electron chi connectivity index (χ3n) is 4.80. The second-order valence-electron chi connectivity index (χ2n) is 6.95. The zero-order chi connectivity index (χ0) is 20.2. The molecule has 1 rings (SSSR count). The van der Waals surface area contributed by atoms with E-state index in [1.165, 1.54) is 5.56 Å². The molecule has 154 valence electrons. The second kappa shape index (κ2) is 12.6. The van der Waals surface area contributed by atoms with Crippen LogP contribution in [0.1, 0.15) is 44.4 Å². The molecule has 0 aliphatic carbocycles. The standard InChI is InChI=1S/C20H36N4O3/c1-5-16-9-10-17(23-19(16)22-3)8-6-7-12-24(14-15(2)27-4)13-11-18(21)20(25)26/h9-10,15,18H,5-8,11-14,21H2,1-4H3,(H,22,23)(H,25,26)/t15-,18?/m1/s1. The minimum Gasteiger partial charge on any atom is -0.480 e. The molecule has 1 aromatic heterocycles. The quantitative estimate of drug-likeness (QED) is 0.425. The van der Waals surface area contributed by atoms with Crippen molar-refractivity contribution in [2.24, 2.45) is 5.73 Å².